The number of terminal acetylenes is 1. The summed E-state index contributed by atoms with van der Waals surface area (Å²) in [6.07, 6.45) is 10.4. The molecule has 1 N–H and O–H groups in total. The third-order valence-electron chi connectivity index (χ3n) is 6.65. The Balaban J connectivity index is 1.57. The Kier molecular flexibility index (Phi) is 8.37. The predicted octanol–water partition coefficient (Wildman–Crippen LogP) is 2.64. The van der Waals surface area contributed by atoms with Crippen molar-refractivity contribution in [2.24, 2.45) is 0 Å². The van der Waals surface area contributed by atoms with Crippen molar-refractivity contribution in [2.75, 3.05) is 26.2 Å². The van der Waals surface area contributed by atoms with Gasteiger partial charge in [-0.3, -0.25) is 9.59 Å². The van der Waals surface area contributed by atoms with Gasteiger partial charge in [-0.2, -0.15) is 5.01 Å². The lowest BCUT2D eigenvalue weighted by Crippen LogP contribution is -2.76. The molecule has 1 unspecified atom stereocenters. The fourth-order valence-corrected chi connectivity index (χ4v) is 5.87. The molecule has 3 aliphatic heterocycles. The SMILES string of the molecule is C#CCN1CC(=O)N2[C@@H](CCC)C(=O)N(CCC3CC=CS3)C[C@@H]2N1C(=O)NCc1ccccc1. The highest BCUT2D eigenvalue weighted by Crippen LogP contribution is 2.31. The zero-order valence-electron chi connectivity index (χ0n) is 20.1. The first-order valence-electron chi connectivity index (χ1n) is 12.2. The molecular weight excluding hydrogens is 462 g/mol. The number of carbonyl (C=O) groups is 3. The number of fused-ring (bicyclic) bond motifs is 1. The number of hydrazine groups is 1. The van der Waals surface area contributed by atoms with E-state index in [-0.39, 0.29) is 37.5 Å². The zero-order valence-corrected chi connectivity index (χ0v) is 21.0. The molecule has 186 valence electrons. The molecule has 9 heteroatoms. The molecule has 35 heavy (non-hydrogen) atoms. The fraction of sp³-hybridized carbons (Fsp3) is 0.500. The number of hydrogen-bond acceptors (Lipinski definition) is 5. The second-order valence-corrected chi connectivity index (χ2v) is 10.3. The van der Waals surface area contributed by atoms with E-state index in [4.69, 9.17) is 6.42 Å². The van der Waals surface area contributed by atoms with Gasteiger partial charge in [0.1, 0.15) is 12.2 Å². The Hall–Kier alpha value is -2.96. The van der Waals surface area contributed by atoms with E-state index in [0.717, 1.165) is 24.8 Å². The minimum Gasteiger partial charge on any atom is -0.337 e. The second-order valence-electron chi connectivity index (χ2n) is 9.04. The van der Waals surface area contributed by atoms with Crippen LogP contribution >= 0.6 is 11.8 Å². The summed E-state index contributed by atoms with van der Waals surface area (Å²) in [5, 5.41) is 8.74. The van der Waals surface area contributed by atoms with Gasteiger partial charge in [-0.25, -0.2) is 9.80 Å². The van der Waals surface area contributed by atoms with Crippen LogP contribution in [0.5, 0.6) is 0 Å². The molecule has 0 bridgehead atoms. The van der Waals surface area contributed by atoms with Gasteiger partial charge < -0.3 is 15.1 Å². The Morgan fingerprint density at radius 1 is 1.23 bits per heavy atom. The number of allylic oxidation sites excluding steroid dienone is 1. The zero-order chi connectivity index (χ0) is 24.8. The summed E-state index contributed by atoms with van der Waals surface area (Å²) in [6, 6.07) is 8.76. The van der Waals surface area contributed by atoms with Gasteiger partial charge in [0, 0.05) is 18.3 Å². The highest BCUT2D eigenvalue weighted by Gasteiger charge is 2.50. The average Bonchev–Trinajstić information content (AvgIpc) is 3.38. The van der Waals surface area contributed by atoms with Gasteiger partial charge in [-0.05, 0) is 30.2 Å². The van der Waals surface area contributed by atoms with Crippen LogP contribution in [-0.4, -0.2) is 81.3 Å². The van der Waals surface area contributed by atoms with Gasteiger partial charge in [-0.15, -0.1) is 18.2 Å². The Morgan fingerprint density at radius 3 is 2.71 bits per heavy atom. The van der Waals surface area contributed by atoms with Crippen LogP contribution in [0.1, 0.15) is 38.2 Å². The highest BCUT2D eigenvalue weighted by atomic mass is 32.2. The summed E-state index contributed by atoms with van der Waals surface area (Å²) in [6.45, 7) is 3.34. The van der Waals surface area contributed by atoms with Crippen molar-refractivity contribution in [3.8, 4) is 12.3 Å². The van der Waals surface area contributed by atoms with E-state index in [2.05, 4.69) is 22.7 Å². The van der Waals surface area contributed by atoms with Crippen LogP contribution in [-0.2, 0) is 16.1 Å². The van der Waals surface area contributed by atoms with Crippen molar-refractivity contribution in [1.29, 1.82) is 0 Å². The van der Waals surface area contributed by atoms with Gasteiger partial charge in [-0.1, -0.05) is 55.7 Å². The maximum absolute atomic E-state index is 13.5. The van der Waals surface area contributed by atoms with E-state index in [9.17, 15) is 14.4 Å². The predicted molar refractivity (Wildman–Crippen MR) is 137 cm³/mol. The number of thioether (sulfide) groups is 1. The number of urea groups is 1. The van der Waals surface area contributed by atoms with E-state index in [1.54, 1.807) is 26.7 Å². The van der Waals surface area contributed by atoms with E-state index in [1.807, 2.05) is 42.2 Å². The number of amides is 4. The molecule has 2 fully saturated rings. The lowest BCUT2D eigenvalue weighted by Gasteiger charge is -2.55. The third kappa shape index (κ3) is 5.65. The summed E-state index contributed by atoms with van der Waals surface area (Å²) in [5.74, 6) is 2.38. The number of benzene rings is 1. The van der Waals surface area contributed by atoms with Crippen molar-refractivity contribution in [2.45, 2.75) is 56.6 Å². The number of carbonyl (C=O) groups excluding carboxylic acids is 3. The monoisotopic (exact) mass is 495 g/mol. The Bertz CT molecular complexity index is 986. The van der Waals surface area contributed by atoms with Crippen LogP contribution in [0.4, 0.5) is 4.79 Å². The number of hydrogen-bond donors (Lipinski definition) is 1. The Labute approximate surface area is 211 Å². The van der Waals surface area contributed by atoms with Crippen molar-refractivity contribution in [1.82, 2.24) is 25.1 Å². The lowest BCUT2D eigenvalue weighted by molar-refractivity contribution is -0.189. The van der Waals surface area contributed by atoms with Gasteiger partial charge in [0.25, 0.3) is 0 Å². The summed E-state index contributed by atoms with van der Waals surface area (Å²) in [7, 11) is 0. The Morgan fingerprint density at radius 2 is 2.03 bits per heavy atom. The standard InChI is InChI=1S/C26H33N5O3S/c1-3-9-22-25(33)28(15-13-21-12-8-16-35-21)18-23-30(22)24(32)19-29(14-4-2)31(23)26(34)27-17-20-10-6-5-7-11-20/h2,5-8,10-11,16,21-23H,3,9,12-15,17-19H2,1H3,(H,27,34)/t21?,22-,23-/m0/s1. The fourth-order valence-electron chi connectivity index (χ4n) is 4.96. The molecule has 3 heterocycles. The van der Waals surface area contributed by atoms with Crippen molar-refractivity contribution in [3.05, 3.63) is 47.4 Å². The van der Waals surface area contributed by atoms with E-state index >= 15 is 0 Å². The quantitative estimate of drug-likeness (QED) is 0.561. The lowest BCUT2D eigenvalue weighted by atomic mass is 10.0. The van der Waals surface area contributed by atoms with Gasteiger partial charge in [0.15, 0.2) is 0 Å². The molecule has 4 rings (SSSR count). The smallest absolute Gasteiger partial charge is 0.334 e. The van der Waals surface area contributed by atoms with Crippen molar-refractivity contribution in [3.63, 3.8) is 0 Å². The molecule has 3 aliphatic rings. The third-order valence-corrected chi connectivity index (χ3v) is 7.81. The second kappa shape index (κ2) is 11.6. The first-order valence-corrected chi connectivity index (χ1v) is 13.2. The first-order chi connectivity index (χ1) is 17.0. The van der Waals surface area contributed by atoms with Crippen LogP contribution in [0.15, 0.2) is 41.8 Å². The highest BCUT2D eigenvalue weighted by molar-refractivity contribution is 8.03. The molecule has 4 amide bonds. The molecule has 0 aliphatic carbocycles. The van der Waals surface area contributed by atoms with Gasteiger partial charge in [0.2, 0.25) is 11.8 Å². The van der Waals surface area contributed by atoms with Crippen LogP contribution in [0, 0.1) is 12.3 Å². The van der Waals surface area contributed by atoms with Crippen LogP contribution < -0.4 is 5.32 Å². The number of rotatable bonds is 8. The molecule has 0 saturated carbocycles. The summed E-state index contributed by atoms with van der Waals surface area (Å²) >= 11 is 1.80. The van der Waals surface area contributed by atoms with Crippen LogP contribution in [0.2, 0.25) is 0 Å². The summed E-state index contributed by atoms with van der Waals surface area (Å²) in [5.41, 5.74) is 0.973. The molecule has 8 nitrogen and oxygen atoms in total. The first kappa shape index (κ1) is 25.1. The normalized spacial score (nSPS) is 24.5. The summed E-state index contributed by atoms with van der Waals surface area (Å²) < 4.78 is 0. The van der Waals surface area contributed by atoms with Crippen LogP contribution in [0.3, 0.4) is 0 Å². The minimum absolute atomic E-state index is 0.0255. The molecule has 0 aromatic heterocycles. The molecule has 2 saturated heterocycles. The van der Waals surface area contributed by atoms with E-state index in [1.165, 1.54) is 0 Å². The molecule has 0 spiro atoms. The number of nitrogens with one attached hydrogen (secondary N) is 1. The molecular formula is C26H33N5O3S. The molecule has 1 aromatic carbocycles. The molecule has 0 radical (unpaired) electrons. The average molecular weight is 496 g/mol. The van der Waals surface area contributed by atoms with Gasteiger partial charge >= 0.3 is 6.03 Å². The van der Waals surface area contributed by atoms with E-state index < -0.39 is 12.2 Å². The maximum Gasteiger partial charge on any atom is 0.334 e. The van der Waals surface area contributed by atoms with Crippen molar-refractivity contribution < 1.29 is 14.4 Å². The molecule has 1 aromatic rings. The van der Waals surface area contributed by atoms with E-state index in [0.29, 0.717) is 24.8 Å². The number of piperazine rings is 1. The van der Waals surface area contributed by atoms with Crippen LogP contribution in [0.25, 0.3) is 0 Å². The number of nitrogens with zero attached hydrogens (tertiary/aromatic N) is 4. The molecule has 3 atom stereocenters. The topological polar surface area (TPSA) is 76.2 Å². The largest absolute Gasteiger partial charge is 0.337 e. The minimum atomic E-state index is -0.594. The maximum atomic E-state index is 13.5. The van der Waals surface area contributed by atoms with Gasteiger partial charge in [0.05, 0.1) is 19.6 Å². The summed E-state index contributed by atoms with van der Waals surface area (Å²) in [4.78, 5) is 43.7. The van der Waals surface area contributed by atoms with Crippen molar-refractivity contribution >= 4 is 29.6 Å².